The first-order valence-corrected chi connectivity index (χ1v) is 7.58. The van der Waals surface area contributed by atoms with Gasteiger partial charge in [-0.05, 0) is 30.3 Å². The van der Waals surface area contributed by atoms with Crippen molar-refractivity contribution in [2.75, 3.05) is 4.72 Å². The lowest BCUT2D eigenvalue weighted by Crippen LogP contribution is -2.12. The number of nitrogens with zero attached hydrogens (tertiary/aromatic N) is 1. The molecule has 2 aromatic rings. The van der Waals surface area contributed by atoms with Gasteiger partial charge in [0, 0.05) is 0 Å². The maximum atomic E-state index is 13.6. The summed E-state index contributed by atoms with van der Waals surface area (Å²) in [5.74, 6) is -0.815. The number of anilines is 1. The highest BCUT2D eigenvalue weighted by Crippen LogP contribution is 2.28. The topological polar surface area (TPSA) is 70.0 Å². The zero-order valence-electron chi connectivity index (χ0n) is 9.22. The lowest BCUT2D eigenvalue weighted by molar-refractivity contribution is 0.600. The number of halogens is 2. The first kappa shape index (κ1) is 13.8. The standard InChI is InChI=1S/C11H6ClFN2O2S2/c12-10-3-4-11(18-10)19(16,17)15-9-2-1-7(6-14)5-8(9)13/h1-5,15H. The fourth-order valence-corrected chi connectivity index (χ4v) is 3.85. The molecule has 1 N–H and O–H groups in total. The Kier molecular flexibility index (Phi) is 3.75. The van der Waals surface area contributed by atoms with Gasteiger partial charge in [0.15, 0.2) is 0 Å². The van der Waals surface area contributed by atoms with Crippen LogP contribution in [0.2, 0.25) is 4.34 Å². The van der Waals surface area contributed by atoms with Crippen molar-refractivity contribution >= 4 is 38.6 Å². The minimum absolute atomic E-state index is 0.0127. The second-order valence-electron chi connectivity index (χ2n) is 3.47. The van der Waals surface area contributed by atoms with E-state index >= 15 is 0 Å². The van der Waals surface area contributed by atoms with E-state index in [9.17, 15) is 12.8 Å². The van der Waals surface area contributed by atoms with Crippen LogP contribution >= 0.6 is 22.9 Å². The van der Waals surface area contributed by atoms with Crippen LogP contribution in [0.5, 0.6) is 0 Å². The number of nitrogens with one attached hydrogen (secondary N) is 1. The van der Waals surface area contributed by atoms with Crippen molar-refractivity contribution in [3.63, 3.8) is 0 Å². The molecule has 1 heterocycles. The summed E-state index contributed by atoms with van der Waals surface area (Å²) in [5.41, 5.74) is -0.108. The van der Waals surface area contributed by atoms with Crippen LogP contribution < -0.4 is 4.72 Å². The van der Waals surface area contributed by atoms with Crippen LogP contribution in [0.3, 0.4) is 0 Å². The van der Waals surface area contributed by atoms with Crippen molar-refractivity contribution in [1.29, 1.82) is 5.26 Å². The normalized spacial score (nSPS) is 11.0. The van der Waals surface area contributed by atoms with Gasteiger partial charge in [-0.15, -0.1) is 11.3 Å². The Hall–Kier alpha value is -1.62. The molecule has 0 aliphatic rings. The first-order valence-electron chi connectivity index (χ1n) is 4.90. The Morgan fingerprint density at radius 1 is 1.32 bits per heavy atom. The van der Waals surface area contributed by atoms with Gasteiger partial charge in [0.05, 0.1) is 21.7 Å². The molecule has 0 amide bonds. The molecule has 0 aliphatic heterocycles. The summed E-state index contributed by atoms with van der Waals surface area (Å²) in [6.45, 7) is 0. The minimum atomic E-state index is -3.87. The summed E-state index contributed by atoms with van der Waals surface area (Å²) in [6, 6.07) is 8.01. The molecule has 8 heteroatoms. The van der Waals surface area contributed by atoms with Crippen LogP contribution in [0.4, 0.5) is 10.1 Å². The van der Waals surface area contributed by atoms with E-state index in [4.69, 9.17) is 16.9 Å². The molecule has 0 bridgehead atoms. The van der Waals surface area contributed by atoms with Crippen molar-refractivity contribution in [1.82, 2.24) is 0 Å². The van der Waals surface area contributed by atoms with Crippen LogP contribution in [-0.4, -0.2) is 8.42 Å². The largest absolute Gasteiger partial charge is 0.276 e. The van der Waals surface area contributed by atoms with Gasteiger partial charge >= 0.3 is 0 Å². The fourth-order valence-electron chi connectivity index (χ4n) is 1.30. The minimum Gasteiger partial charge on any atom is -0.276 e. The van der Waals surface area contributed by atoms with Crippen LogP contribution in [0.15, 0.2) is 34.5 Å². The molecule has 0 radical (unpaired) electrons. The van der Waals surface area contributed by atoms with Gasteiger partial charge < -0.3 is 0 Å². The van der Waals surface area contributed by atoms with E-state index in [0.717, 1.165) is 17.4 Å². The zero-order valence-corrected chi connectivity index (χ0v) is 11.6. The van der Waals surface area contributed by atoms with E-state index in [2.05, 4.69) is 4.72 Å². The molecule has 0 fully saturated rings. The molecule has 19 heavy (non-hydrogen) atoms. The van der Waals surface area contributed by atoms with Crippen molar-refractivity contribution in [2.45, 2.75) is 4.21 Å². The van der Waals surface area contributed by atoms with Crippen LogP contribution in [0.25, 0.3) is 0 Å². The predicted molar refractivity (Wildman–Crippen MR) is 71.3 cm³/mol. The summed E-state index contributed by atoms with van der Waals surface area (Å²) >= 11 is 6.52. The Morgan fingerprint density at radius 2 is 2.05 bits per heavy atom. The molecule has 0 unspecified atom stereocenters. The van der Waals surface area contributed by atoms with E-state index in [1.807, 2.05) is 0 Å². The summed E-state index contributed by atoms with van der Waals surface area (Å²) in [6.07, 6.45) is 0. The van der Waals surface area contributed by atoms with Gasteiger partial charge in [0.2, 0.25) is 0 Å². The third-order valence-corrected chi connectivity index (χ3v) is 5.24. The van der Waals surface area contributed by atoms with Crippen LogP contribution in [0.1, 0.15) is 5.56 Å². The average Bonchev–Trinajstić information content (AvgIpc) is 2.79. The second kappa shape index (κ2) is 5.17. The van der Waals surface area contributed by atoms with E-state index in [1.165, 1.54) is 24.3 Å². The molecule has 0 saturated heterocycles. The van der Waals surface area contributed by atoms with Gasteiger partial charge in [-0.1, -0.05) is 11.6 Å². The molecular weight excluding hydrogens is 311 g/mol. The van der Waals surface area contributed by atoms with Crippen molar-refractivity contribution in [3.8, 4) is 6.07 Å². The molecule has 2 rings (SSSR count). The number of benzene rings is 1. The summed E-state index contributed by atoms with van der Waals surface area (Å²) in [5, 5.41) is 8.60. The highest BCUT2D eigenvalue weighted by atomic mass is 35.5. The monoisotopic (exact) mass is 316 g/mol. The fraction of sp³-hybridized carbons (Fsp3) is 0. The SMILES string of the molecule is N#Cc1ccc(NS(=O)(=O)c2ccc(Cl)s2)c(F)c1. The summed E-state index contributed by atoms with van der Waals surface area (Å²) in [4.78, 5) is 0. The van der Waals surface area contributed by atoms with E-state index in [0.29, 0.717) is 4.34 Å². The van der Waals surface area contributed by atoms with Crippen LogP contribution in [-0.2, 0) is 10.0 Å². The molecular formula is C11H6ClFN2O2S2. The predicted octanol–water partition coefficient (Wildman–Crippen LogP) is 3.21. The maximum absolute atomic E-state index is 13.6. The molecule has 0 saturated carbocycles. The molecule has 0 spiro atoms. The summed E-state index contributed by atoms with van der Waals surface area (Å²) < 4.78 is 39.9. The van der Waals surface area contributed by atoms with Crippen molar-refractivity contribution < 1.29 is 12.8 Å². The van der Waals surface area contributed by atoms with Gasteiger partial charge in [0.1, 0.15) is 10.0 Å². The molecule has 1 aromatic heterocycles. The number of rotatable bonds is 3. The Bertz CT molecular complexity index is 765. The van der Waals surface area contributed by atoms with Gasteiger partial charge in [-0.3, -0.25) is 4.72 Å². The van der Waals surface area contributed by atoms with Gasteiger partial charge in [-0.25, -0.2) is 12.8 Å². The quantitative estimate of drug-likeness (QED) is 0.945. The molecule has 0 aliphatic carbocycles. The number of sulfonamides is 1. The number of thiophene rings is 1. The number of nitriles is 1. The van der Waals surface area contributed by atoms with Gasteiger partial charge in [-0.2, -0.15) is 5.26 Å². The van der Waals surface area contributed by atoms with Crippen LogP contribution in [0, 0.1) is 17.1 Å². The molecule has 98 valence electrons. The average molecular weight is 317 g/mol. The Labute approximate surface area is 118 Å². The molecule has 1 aromatic carbocycles. The smallest absolute Gasteiger partial charge is 0.271 e. The highest BCUT2D eigenvalue weighted by molar-refractivity contribution is 7.94. The Balaban J connectivity index is 2.34. The second-order valence-corrected chi connectivity index (χ2v) is 7.09. The number of hydrogen-bond acceptors (Lipinski definition) is 4. The lowest BCUT2D eigenvalue weighted by atomic mass is 10.2. The Morgan fingerprint density at radius 3 is 2.58 bits per heavy atom. The van der Waals surface area contributed by atoms with Gasteiger partial charge in [0.25, 0.3) is 10.0 Å². The zero-order chi connectivity index (χ0) is 14.0. The lowest BCUT2D eigenvalue weighted by Gasteiger charge is -2.07. The third-order valence-electron chi connectivity index (χ3n) is 2.16. The number of hydrogen-bond donors (Lipinski definition) is 1. The molecule has 0 atom stereocenters. The molecule has 4 nitrogen and oxygen atoms in total. The van der Waals surface area contributed by atoms with Crippen molar-refractivity contribution in [3.05, 3.63) is 46.0 Å². The van der Waals surface area contributed by atoms with Crippen molar-refractivity contribution in [2.24, 2.45) is 0 Å². The highest BCUT2D eigenvalue weighted by Gasteiger charge is 2.18. The van der Waals surface area contributed by atoms with E-state index in [-0.39, 0.29) is 15.5 Å². The third kappa shape index (κ3) is 3.04. The first-order chi connectivity index (χ1) is 8.92. The summed E-state index contributed by atoms with van der Waals surface area (Å²) in [7, 11) is -3.87. The van der Waals surface area contributed by atoms with E-state index < -0.39 is 15.8 Å². The maximum Gasteiger partial charge on any atom is 0.271 e. The van der Waals surface area contributed by atoms with E-state index in [1.54, 1.807) is 6.07 Å².